The van der Waals surface area contributed by atoms with E-state index in [0.29, 0.717) is 12.0 Å². The molecule has 2 rings (SSSR count). The topological polar surface area (TPSA) is 37.8 Å². The maximum atomic E-state index is 4.60. The van der Waals surface area contributed by atoms with Gasteiger partial charge in [0.15, 0.2) is 0 Å². The Kier molecular flexibility index (Phi) is 3.10. The Labute approximate surface area is 99.9 Å². The molecule has 0 unspecified atom stereocenters. The Hall–Kier alpha value is -1.16. The Morgan fingerprint density at radius 2 is 1.94 bits per heavy atom. The van der Waals surface area contributed by atoms with Gasteiger partial charge >= 0.3 is 0 Å². The number of nitrogens with zero attached hydrogens (tertiary/aromatic N) is 2. The van der Waals surface area contributed by atoms with E-state index in [0.717, 1.165) is 21.9 Å². The standard InChI is InChI=1S/C12H17N3S/c1-7(2)11-14-9-5-6-16-10(9)12(15-11)13-8(3)4/h5-8H,1-4H3,(H,13,14,15). The van der Waals surface area contributed by atoms with Gasteiger partial charge in [-0.3, -0.25) is 0 Å². The SMILES string of the molecule is CC(C)Nc1nc(C(C)C)nc2ccsc12. The summed E-state index contributed by atoms with van der Waals surface area (Å²) in [7, 11) is 0. The minimum atomic E-state index is 0.358. The molecule has 0 amide bonds. The molecule has 0 aliphatic rings. The molecule has 3 nitrogen and oxygen atoms in total. The maximum absolute atomic E-state index is 4.60. The summed E-state index contributed by atoms with van der Waals surface area (Å²) >= 11 is 1.69. The van der Waals surface area contributed by atoms with Crippen molar-refractivity contribution >= 4 is 27.4 Å². The fraction of sp³-hybridized carbons (Fsp3) is 0.500. The molecule has 1 N–H and O–H groups in total. The first-order valence-electron chi connectivity index (χ1n) is 5.59. The zero-order valence-electron chi connectivity index (χ0n) is 10.1. The van der Waals surface area contributed by atoms with Crippen LogP contribution in [-0.2, 0) is 0 Å². The lowest BCUT2D eigenvalue weighted by Gasteiger charge is -2.12. The molecule has 0 aliphatic carbocycles. The molecule has 2 aromatic heterocycles. The Morgan fingerprint density at radius 1 is 1.19 bits per heavy atom. The molecule has 0 aromatic carbocycles. The van der Waals surface area contributed by atoms with E-state index in [-0.39, 0.29) is 0 Å². The molecule has 2 heterocycles. The number of thiophene rings is 1. The Bertz CT molecular complexity index is 488. The van der Waals surface area contributed by atoms with Gasteiger partial charge in [0.2, 0.25) is 0 Å². The lowest BCUT2D eigenvalue weighted by Crippen LogP contribution is -2.12. The Morgan fingerprint density at radius 3 is 2.56 bits per heavy atom. The van der Waals surface area contributed by atoms with Crippen molar-refractivity contribution in [2.45, 2.75) is 39.7 Å². The van der Waals surface area contributed by atoms with Crippen LogP contribution in [0.3, 0.4) is 0 Å². The van der Waals surface area contributed by atoms with Gasteiger partial charge in [-0.05, 0) is 25.3 Å². The van der Waals surface area contributed by atoms with E-state index < -0.39 is 0 Å². The van der Waals surface area contributed by atoms with E-state index in [1.165, 1.54) is 0 Å². The van der Waals surface area contributed by atoms with Crippen molar-refractivity contribution in [3.05, 3.63) is 17.3 Å². The second kappa shape index (κ2) is 4.37. The molecular formula is C12H17N3S. The summed E-state index contributed by atoms with van der Waals surface area (Å²) in [5.74, 6) is 2.24. The number of hydrogen-bond acceptors (Lipinski definition) is 4. The fourth-order valence-electron chi connectivity index (χ4n) is 1.51. The first-order valence-corrected chi connectivity index (χ1v) is 6.47. The lowest BCUT2D eigenvalue weighted by atomic mass is 10.2. The van der Waals surface area contributed by atoms with Gasteiger partial charge in [0, 0.05) is 12.0 Å². The summed E-state index contributed by atoms with van der Waals surface area (Å²) < 4.78 is 1.15. The molecule has 0 atom stereocenters. The van der Waals surface area contributed by atoms with E-state index in [1.807, 2.05) is 0 Å². The van der Waals surface area contributed by atoms with Crippen LogP contribution >= 0.6 is 11.3 Å². The van der Waals surface area contributed by atoms with Crippen LogP contribution in [-0.4, -0.2) is 16.0 Å². The number of anilines is 1. The number of hydrogen-bond donors (Lipinski definition) is 1. The average Bonchev–Trinajstić information content (AvgIpc) is 2.64. The molecule has 0 bridgehead atoms. The van der Waals surface area contributed by atoms with Gasteiger partial charge in [-0.15, -0.1) is 11.3 Å². The number of nitrogens with one attached hydrogen (secondary N) is 1. The van der Waals surface area contributed by atoms with Crippen molar-refractivity contribution in [2.75, 3.05) is 5.32 Å². The highest BCUT2D eigenvalue weighted by atomic mass is 32.1. The monoisotopic (exact) mass is 235 g/mol. The summed E-state index contributed by atoms with van der Waals surface area (Å²) in [5.41, 5.74) is 1.05. The van der Waals surface area contributed by atoms with Crippen LogP contribution in [0.25, 0.3) is 10.2 Å². The summed E-state index contributed by atoms with van der Waals surface area (Å²) in [5, 5.41) is 5.45. The van der Waals surface area contributed by atoms with Crippen molar-refractivity contribution in [3.8, 4) is 0 Å². The van der Waals surface area contributed by atoms with Gasteiger partial charge in [0.1, 0.15) is 11.6 Å². The largest absolute Gasteiger partial charge is 0.367 e. The van der Waals surface area contributed by atoms with Crippen LogP contribution in [0, 0.1) is 0 Å². The molecule has 0 aliphatic heterocycles. The van der Waals surface area contributed by atoms with E-state index in [9.17, 15) is 0 Å². The van der Waals surface area contributed by atoms with Crippen LogP contribution in [0.4, 0.5) is 5.82 Å². The molecule has 0 radical (unpaired) electrons. The first kappa shape index (κ1) is 11.3. The number of fused-ring (bicyclic) bond motifs is 1. The van der Waals surface area contributed by atoms with Crippen LogP contribution < -0.4 is 5.32 Å². The third kappa shape index (κ3) is 2.16. The third-order valence-electron chi connectivity index (χ3n) is 2.26. The maximum Gasteiger partial charge on any atom is 0.147 e. The molecule has 0 fully saturated rings. The average molecular weight is 235 g/mol. The van der Waals surface area contributed by atoms with Gasteiger partial charge in [-0.1, -0.05) is 13.8 Å². The van der Waals surface area contributed by atoms with E-state index >= 15 is 0 Å². The quantitative estimate of drug-likeness (QED) is 0.882. The van der Waals surface area contributed by atoms with Crippen LogP contribution in [0.5, 0.6) is 0 Å². The lowest BCUT2D eigenvalue weighted by molar-refractivity contribution is 0.779. The normalized spacial score (nSPS) is 11.6. The molecule has 16 heavy (non-hydrogen) atoms. The molecule has 2 aromatic rings. The molecule has 0 saturated carbocycles. The summed E-state index contributed by atoms with van der Waals surface area (Å²) in [6.07, 6.45) is 0. The van der Waals surface area contributed by atoms with Crippen molar-refractivity contribution < 1.29 is 0 Å². The summed E-state index contributed by atoms with van der Waals surface area (Å²) in [6, 6.07) is 2.44. The smallest absolute Gasteiger partial charge is 0.147 e. The zero-order valence-corrected chi connectivity index (χ0v) is 10.9. The van der Waals surface area contributed by atoms with E-state index in [2.05, 4.69) is 54.4 Å². The van der Waals surface area contributed by atoms with Crippen molar-refractivity contribution in [2.24, 2.45) is 0 Å². The van der Waals surface area contributed by atoms with Crippen molar-refractivity contribution in [1.82, 2.24) is 9.97 Å². The Balaban J connectivity index is 2.54. The summed E-state index contributed by atoms with van der Waals surface area (Å²) in [4.78, 5) is 9.16. The third-order valence-corrected chi connectivity index (χ3v) is 3.17. The molecule has 86 valence electrons. The van der Waals surface area contributed by atoms with Gasteiger partial charge < -0.3 is 5.32 Å². The highest BCUT2D eigenvalue weighted by molar-refractivity contribution is 7.17. The van der Waals surface area contributed by atoms with Crippen LogP contribution in [0.2, 0.25) is 0 Å². The zero-order chi connectivity index (χ0) is 11.7. The molecule has 4 heteroatoms. The second-order valence-corrected chi connectivity index (χ2v) is 5.44. The van der Waals surface area contributed by atoms with Gasteiger partial charge in [-0.25, -0.2) is 9.97 Å². The van der Waals surface area contributed by atoms with Crippen molar-refractivity contribution in [3.63, 3.8) is 0 Å². The highest BCUT2D eigenvalue weighted by Crippen LogP contribution is 2.28. The van der Waals surface area contributed by atoms with Gasteiger partial charge in [-0.2, -0.15) is 0 Å². The minimum absolute atomic E-state index is 0.358. The van der Waals surface area contributed by atoms with Crippen molar-refractivity contribution in [1.29, 1.82) is 0 Å². The number of aromatic nitrogens is 2. The van der Waals surface area contributed by atoms with E-state index in [4.69, 9.17) is 0 Å². The molecule has 0 saturated heterocycles. The van der Waals surface area contributed by atoms with Gasteiger partial charge in [0.25, 0.3) is 0 Å². The van der Waals surface area contributed by atoms with Crippen LogP contribution in [0.15, 0.2) is 11.4 Å². The molecular weight excluding hydrogens is 218 g/mol. The number of rotatable bonds is 3. The second-order valence-electron chi connectivity index (χ2n) is 4.52. The predicted octanol–water partition coefficient (Wildman–Crippen LogP) is 3.64. The van der Waals surface area contributed by atoms with Gasteiger partial charge in [0.05, 0.1) is 10.2 Å². The first-order chi connectivity index (χ1) is 7.58. The van der Waals surface area contributed by atoms with E-state index in [1.54, 1.807) is 11.3 Å². The minimum Gasteiger partial charge on any atom is -0.367 e. The fourth-order valence-corrected chi connectivity index (χ4v) is 2.29. The molecule has 0 spiro atoms. The predicted molar refractivity (Wildman–Crippen MR) is 70.3 cm³/mol. The summed E-state index contributed by atoms with van der Waals surface area (Å²) in [6.45, 7) is 8.48. The highest BCUT2D eigenvalue weighted by Gasteiger charge is 2.11. The van der Waals surface area contributed by atoms with Crippen LogP contribution in [0.1, 0.15) is 39.4 Å².